The first-order chi connectivity index (χ1) is 25.8. The van der Waals surface area contributed by atoms with Crippen LogP contribution in [-0.2, 0) is 28.2 Å². The quantitative estimate of drug-likeness (QED) is 0.0357. The molecule has 0 radical (unpaired) electrons. The standard InChI is InChI=1S/C44H87O8P/c1-3-5-7-9-11-13-15-17-18-19-20-21-22-23-24-25-26-27-29-30-32-34-36-38-43(45)50-40-42(41-51-53(47,48)49)52-44(46)39-37-35-33-31-28-16-14-12-10-8-6-4-2/h42H,3-41H2,1-2H3,(H2,47,48,49)/t42-/m1/s1. The lowest BCUT2D eigenvalue weighted by atomic mass is 10.0. The van der Waals surface area contributed by atoms with Crippen LogP contribution in [0.25, 0.3) is 0 Å². The zero-order chi connectivity index (χ0) is 38.9. The van der Waals surface area contributed by atoms with E-state index in [1.54, 1.807) is 0 Å². The lowest BCUT2D eigenvalue weighted by molar-refractivity contribution is -0.161. The van der Waals surface area contributed by atoms with Gasteiger partial charge in [0, 0.05) is 12.8 Å². The fourth-order valence-corrected chi connectivity index (χ4v) is 7.32. The van der Waals surface area contributed by atoms with Crippen molar-refractivity contribution >= 4 is 19.8 Å². The zero-order valence-electron chi connectivity index (χ0n) is 34.9. The maximum Gasteiger partial charge on any atom is 0.469 e. The minimum absolute atomic E-state index is 0.220. The molecule has 0 saturated carbocycles. The van der Waals surface area contributed by atoms with Crippen molar-refractivity contribution in [3.8, 4) is 0 Å². The van der Waals surface area contributed by atoms with Crippen LogP contribution in [-0.4, -0.2) is 41.0 Å². The Morgan fingerprint density at radius 2 is 0.679 bits per heavy atom. The summed E-state index contributed by atoms with van der Waals surface area (Å²) in [6, 6.07) is 0. The molecule has 0 unspecified atom stereocenters. The first kappa shape index (κ1) is 52.0. The Morgan fingerprint density at radius 3 is 0.962 bits per heavy atom. The highest BCUT2D eigenvalue weighted by atomic mass is 31.2. The van der Waals surface area contributed by atoms with Gasteiger partial charge in [-0.3, -0.25) is 14.1 Å². The average molecular weight is 775 g/mol. The molecule has 0 spiro atoms. The van der Waals surface area contributed by atoms with Crippen molar-refractivity contribution in [1.29, 1.82) is 0 Å². The predicted molar refractivity (Wildman–Crippen MR) is 221 cm³/mol. The van der Waals surface area contributed by atoms with Gasteiger partial charge in [-0.15, -0.1) is 0 Å². The summed E-state index contributed by atoms with van der Waals surface area (Å²) in [5.41, 5.74) is 0. The summed E-state index contributed by atoms with van der Waals surface area (Å²) in [6.07, 6.45) is 44.1. The third kappa shape index (κ3) is 43.6. The van der Waals surface area contributed by atoms with Gasteiger partial charge >= 0.3 is 19.8 Å². The molecule has 0 aliphatic rings. The van der Waals surface area contributed by atoms with E-state index >= 15 is 0 Å². The number of rotatable bonds is 43. The molecular weight excluding hydrogens is 687 g/mol. The number of unbranched alkanes of at least 4 members (excludes halogenated alkanes) is 33. The molecule has 0 aliphatic heterocycles. The van der Waals surface area contributed by atoms with Gasteiger partial charge in [0.1, 0.15) is 6.61 Å². The fourth-order valence-electron chi connectivity index (χ4n) is 6.96. The normalized spacial score (nSPS) is 12.3. The second kappa shape index (κ2) is 40.7. The first-order valence-corrected chi connectivity index (χ1v) is 24.4. The van der Waals surface area contributed by atoms with Crippen LogP contribution in [0, 0.1) is 0 Å². The van der Waals surface area contributed by atoms with Crippen molar-refractivity contribution in [2.75, 3.05) is 13.2 Å². The molecule has 0 aromatic carbocycles. The Bertz CT molecular complexity index is 832. The molecule has 0 aromatic rings. The highest BCUT2D eigenvalue weighted by Gasteiger charge is 2.23. The smallest absolute Gasteiger partial charge is 0.462 e. The Kier molecular flexibility index (Phi) is 40.0. The SMILES string of the molecule is CCCCCCCCCCCCCCCCCCCCCCCCCC(=O)OC[C@H](COP(=O)(O)O)OC(=O)CCCCCCCCCCCCCC. The summed E-state index contributed by atoms with van der Waals surface area (Å²) < 4.78 is 26.4. The van der Waals surface area contributed by atoms with Crippen LogP contribution < -0.4 is 0 Å². The van der Waals surface area contributed by atoms with Crippen LogP contribution in [0.3, 0.4) is 0 Å². The molecule has 53 heavy (non-hydrogen) atoms. The van der Waals surface area contributed by atoms with E-state index in [1.807, 2.05) is 0 Å². The summed E-state index contributed by atoms with van der Waals surface area (Å²) >= 11 is 0. The molecule has 0 aromatic heterocycles. The molecular formula is C44H87O8P. The Morgan fingerprint density at radius 1 is 0.415 bits per heavy atom. The zero-order valence-corrected chi connectivity index (χ0v) is 35.8. The third-order valence-electron chi connectivity index (χ3n) is 10.4. The van der Waals surface area contributed by atoms with Crippen LogP contribution in [0.2, 0.25) is 0 Å². The van der Waals surface area contributed by atoms with Crippen molar-refractivity contribution in [2.24, 2.45) is 0 Å². The highest BCUT2D eigenvalue weighted by Crippen LogP contribution is 2.36. The minimum Gasteiger partial charge on any atom is -0.462 e. The van der Waals surface area contributed by atoms with Crippen molar-refractivity contribution < 1.29 is 37.9 Å². The van der Waals surface area contributed by atoms with Gasteiger partial charge in [-0.25, -0.2) is 4.57 Å². The first-order valence-electron chi connectivity index (χ1n) is 22.8. The second-order valence-electron chi connectivity index (χ2n) is 15.7. The lowest BCUT2D eigenvalue weighted by Gasteiger charge is -2.18. The van der Waals surface area contributed by atoms with E-state index in [0.717, 1.165) is 32.1 Å². The van der Waals surface area contributed by atoms with E-state index in [1.165, 1.54) is 186 Å². The molecule has 0 amide bonds. The number of phosphoric acid groups is 1. The lowest BCUT2D eigenvalue weighted by Crippen LogP contribution is -2.29. The summed E-state index contributed by atoms with van der Waals surface area (Å²) in [4.78, 5) is 42.8. The molecule has 0 rings (SSSR count). The van der Waals surface area contributed by atoms with Crippen molar-refractivity contribution in [3.05, 3.63) is 0 Å². The number of carbonyl (C=O) groups is 2. The number of carbonyl (C=O) groups excluding carboxylic acids is 2. The van der Waals surface area contributed by atoms with Crippen LogP contribution in [0.5, 0.6) is 0 Å². The van der Waals surface area contributed by atoms with Gasteiger partial charge < -0.3 is 19.3 Å². The van der Waals surface area contributed by atoms with Gasteiger partial charge in [-0.1, -0.05) is 226 Å². The molecule has 0 saturated heterocycles. The molecule has 0 fully saturated rings. The van der Waals surface area contributed by atoms with E-state index in [-0.39, 0.29) is 19.4 Å². The van der Waals surface area contributed by atoms with Gasteiger partial charge in [0.05, 0.1) is 6.61 Å². The van der Waals surface area contributed by atoms with Crippen LogP contribution in [0.15, 0.2) is 0 Å². The maximum atomic E-state index is 12.4. The summed E-state index contributed by atoms with van der Waals surface area (Å²) in [7, 11) is -4.74. The number of esters is 2. The highest BCUT2D eigenvalue weighted by molar-refractivity contribution is 7.46. The Balaban J connectivity index is 3.74. The average Bonchev–Trinajstić information content (AvgIpc) is 3.13. The van der Waals surface area contributed by atoms with E-state index in [9.17, 15) is 14.2 Å². The number of hydrogen-bond acceptors (Lipinski definition) is 6. The van der Waals surface area contributed by atoms with Gasteiger partial charge in [0.25, 0.3) is 0 Å². The maximum absolute atomic E-state index is 12.4. The second-order valence-corrected chi connectivity index (χ2v) is 17.0. The third-order valence-corrected chi connectivity index (χ3v) is 10.9. The van der Waals surface area contributed by atoms with Crippen LogP contribution in [0.1, 0.15) is 251 Å². The minimum atomic E-state index is -4.74. The summed E-state index contributed by atoms with van der Waals surface area (Å²) in [5.74, 6) is -0.867. The van der Waals surface area contributed by atoms with E-state index < -0.39 is 32.5 Å². The van der Waals surface area contributed by atoms with E-state index in [4.69, 9.17) is 19.3 Å². The number of phosphoric ester groups is 1. The largest absolute Gasteiger partial charge is 0.469 e. The van der Waals surface area contributed by atoms with Crippen molar-refractivity contribution in [3.63, 3.8) is 0 Å². The summed E-state index contributed by atoms with van der Waals surface area (Å²) in [5, 5.41) is 0. The van der Waals surface area contributed by atoms with Crippen molar-refractivity contribution in [2.45, 2.75) is 258 Å². The van der Waals surface area contributed by atoms with Gasteiger partial charge in [-0.05, 0) is 12.8 Å². The van der Waals surface area contributed by atoms with Crippen LogP contribution in [0.4, 0.5) is 0 Å². The predicted octanol–water partition coefficient (Wildman–Crippen LogP) is 14.0. The van der Waals surface area contributed by atoms with Crippen LogP contribution >= 0.6 is 7.82 Å². The Hall–Kier alpha value is -0.950. The molecule has 2 N–H and O–H groups in total. The number of hydrogen-bond donors (Lipinski definition) is 2. The molecule has 0 bridgehead atoms. The van der Waals surface area contributed by atoms with Gasteiger partial charge in [0.15, 0.2) is 6.10 Å². The summed E-state index contributed by atoms with van der Waals surface area (Å²) in [6.45, 7) is 3.72. The van der Waals surface area contributed by atoms with E-state index in [0.29, 0.717) is 6.42 Å². The van der Waals surface area contributed by atoms with E-state index in [2.05, 4.69) is 18.4 Å². The molecule has 8 nitrogen and oxygen atoms in total. The molecule has 0 heterocycles. The number of ether oxygens (including phenoxy) is 2. The van der Waals surface area contributed by atoms with Crippen molar-refractivity contribution in [1.82, 2.24) is 0 Å². The monoisotopic (exact) mass is 775 g/mol. The molecule has 9 heteroatoms. The Labute approximate surface area is 327 Å². The van der Waals surface area contributed by atoms with Gasteiger partial charge in [0.2, 0.25) is 0 Å². The van der Waals surface area contributed by atoms with Gasteiger partial charge in [-0.2, -0.15) is 0 Å². The molecule has 316 valence electrons. The topological polar surface area (TPSA) is 119 Å². The fraction of sp³-hybridized carbons (Fsp3) is 0.955. The molecule has 1 atom stereocenters. The molecule has 0 aliphatic carbocycles.